The van der Waals surface area contributed by atoms with Gasteiger partial charge in [-0.25, -0.2) is 4.68 Å². The van der Waals surface area contributed by atoms with Crippen LogP contribution < -0.4 is 16.2 Å². The average molecular weight is 333 g/mol. The van der Waals surface area contributed by atoms with Gasteiger partial charge in [0, 0.05) is 13.6 Å². The normalized spacial score (nSPS) is 11.7. The van der Waals surface area contributed by atoms with Crippen LogP contribution in [0.2, 0.25) is 0 Å². The fourth-order valence-electron chi connectivity index (χ4n) is 1.77. The standard InChI is InChI=1S/C12H21BrN4O2/c1-12(2,7-14)8-16(3)9-6-15-17(4-5-18)11(19)10(9)13/h6,18H,4-5,7-8,14H2,1-3H3. The number of hydrogen-bond acceptors (Lipinski definition) is 5. The summed E-state index contributed by atoms with van der Waals surface area (Å²) < 4.78 is 1.68. The molecule has 6 nitrogen and oxygen atoms in total. The van der Waals surface area contributed by atoms with E-state index in [1.165, 1.54) is 4.68 Å². The summed E-state index contributed by atoms with van der Waals surface area (Å²) in [4.78, 5) is 14.0. The van der Waals surface area contributed by atoms with Crippen molar-refractivity contribution >= 4 is 21.6 Å². The lowest BCUT2D eigenvalue weighted by Gasteiger charge is -2.30. The fourth-order valence-corrected chi connectivity index (χ4v) is 2.38. The second-order valence-corrected chi connectivity index (χ2v) is 6.11. The molecular formula is C12H21BrN4O2. The summed E-state index contributed by atoms with van der Waals surface area (Å²) in [5.41, 5.74) is 6.15. The van der Waals surface area contributed by atoms with E-state index in [0.717, 1.165) is 5.69 Å². The Morgan fingerprint density at radius 3 is 2.74 bits per heavy atom. The summed E-state index contributed by atoms with van der Waals surface area (Å²) in [5.74, 6) is 0. The number of aliphatic hydroxyl groups is 1. The second-order valence-electron chi connectivity index (χ2n) is 5.32. The minimum atomic E-state index is -0.246. The Balaban J connectivity index is 3.02. The molecule has 0 spiro atoms. The maximum atomic E-state index is 12.0. The van der Waals surface area contributed by atoms with Crippen LogP contribution in [0.3, 0.4) is 0 Å². The monoisotopic (exact) mass is 332 g/mol. The van der Waals surface area contributed by atoms with E-state index in [4.69, 9.17) is 10.8 Å². The van der Waals surface area contributed by atoms with Gasteiger partial charge in [0.15, 0.2) is 0 Å². The molecule has 1 aromatic rings. The number of aromatic nitrogens is 2. The topological polar surface area (TPSA) is 84.4 Å². The van der Waals surface area contributed by atoms with Crippen LogP contribution in [0.4, 0.5) is 5.69 Å². The van der Waals surface area contributed by atoms with Crippen molar-refractivity contribution in [3.05, 3.63) is 21.0 Å². The van der Waals surface area contributed by atoms with Crippen molar-refractivity contribution in [2.75, 3.05) is 31.6 Å². The first-order valence-corrected chi connectivity index (χ1v) is 6.89. The molecule has 0 unspecified atom stereocenters. The molecule has 0 fully saturated rings. The Kier molecular flexibility index (Phi) is 5.51. The molecule has 7 heteroatoms. The number of halogens is 1. The highest BCUT2D eigenvalue weighted by Gasteiger charge is 2.21. The number of hydrogen-bond donors (Lipinski definition) is 2. The molecule has 0 bridgehead atoms. The van der Waals surface area contributed by atoms with Crippen LogP contribution in [0.1, 0.15) is 13.8 Å². The van der Waals surface area contributed by atoms with Gasteiger partial charge in [0.05, 0.1) is 25.0 Å². The van der Waals surface area contributed by atoms with Crippen LogP contribution in [0.5, 0.6) is 0 Å². The molecule has 19 heavy (non-hydrogen) atoms. The lowest BCUT2D eigenvalue weighted by molar-refractivity contribution is 0.266. The average Bonchev–Trinajstić information content (AvgIpc) is 2.34. The Labute approximate surface area is 121 Å². The van der Waals surface area contributed by atoms with E-state index < -0.39 is 0 Å². The Bertz CT molecular complexity index is 487. The number of aliphatic hydroxyl groups excluding tert-OH is 1. The fraction of sp³-hybridized carbons (Fsp3) is 0.667. The molecule has 0 aliphatic carbocycles. The van der Waals surface area contributed by atoms with Crippen molar-refractivity contribution in [3.63, 3.8) is 0 Å². The predicted octanol–water partition coefficient (Wildman–Crippen LogP) is 0.419. The van der Waals surface area contributed by atoms with Crippen molar-refractivity contribution in [2.45, 2.75) is 20.4 Å². The summed E-state index contributed by atoms with van der Waals surface area (Å²) in [5, 5.41) is 12.9. The SMILES string of the molecule is CN(CC(C)(C)CN)c1cnn(CCO)c(=O)c1Br. The van der Waals surface area contributed by atoms with Gasteiger partial charge in [-0.3, -0.25) is 4.79 Å². The minimum absolute atomic E-state index is 0.0475. The second kappa shape index (κ2) is 6.49. The van der Waals surface area contributed by atoms with Gasteiger partial charge < -0.3 is 15.7 Å². The van der Waals surface area contributed by atoms with Crippen molar-refractivity contribution in [1.29, 1.82) is 0 Å². The van der Waals surface area contributed by atoms with Crippen LogP contribution in [0.25, 0.3) is 0 Å². The van der Waals surface area contributed by atoms with Gasteiger partial charge in [0.1, 0.15) is 4.47 Å². The molecule has 0 aliphatic rings. The smallest absolute Gasteiger partial charge is 0.283 e. The van der Waals surface area contributed by atoms with Crippen LogP contribution in [-0.2, 0) is 6.54 Å². The van der Waals surface area contributed by atoms with Gasteiger partial charge in [-0.1, -0.05) is 13.8 Å². The molecule has 0 saturated heterocycles. The molecule has 0 radical (unpaired) electrons. The van der Waals surface area contributed by atoms with Gasteiger partial charge >= 0.3 is 0 Å². The lowest BCUT2D eigenvalue weighted by atomic mass is 9.93. The molecule has 1 rings (SSSR count). The third-order valence-corrected chi connectivity index (χ3v) is 3.65. The van der Waals surface area contributed by atoms with Crippen molar-refractivity contribution in [1.82, 2.24) is 9.78 Å². The summed E-state index contributed by atoms with van der Waals surface area (Å²) >= 11 is 3.30. The zero-order chi connectivity index (χ0) is 14.6. The first-order valence-electron chi connectivity index (χ1n) is 6.10. The van der Waals surface area contributed by atoms with Gasteiger partial charge in [0.25, 0.3) is 5.56 Å². The third kappa shape index (κ3) is 4.02. The molecule has 0 atom stereocenters. The van der Waals surface area contributed by atoms with Gasteiger partial charge in [-0.2, -0.15) is 5.10 Å². The van der Waals surface area contributed by atoms with Gasteiger partial charge in [-0.15, -0.1) is 0 Å². The van der Waals surface area contributed by atoms with E-state index in [2.05, 4.69) is 34.9 Å². The lowest BCUT2D eigenvalue weighted by Crippen LogP contribution is -2.38. The van der Waals surface area contributed by atoms with Crippen LogP contribution >= 0.6 is 15.9 Å². The highest BCUT2D eigenvalue weighted by molar-refractivity contribution is 9.10. The maximum Gasteiger partial charge on any atom is 0.283 e. The van der Waals surface area contributed by atoms with Gasteiger partial charge in [0.2, 0.25) is 0 Å². The highest BCUT2D eigenvalue weighted by atomic mass is 79.9. The Morgan fingerprint density at radius 1 is 1.58 bits per heavy atom. The molecule has 0 aliphatic heterocycles. The van der Waals surface area contributed by atoms with E-state index in [1.807, 2.05) is 11.9 Å². The number of nitrogens with zero attached hydrogens (tertiary/aromatic N) is 3. The number of anilines is 1. The number of nitrogens with two attached hydrogens (primary N) is 1. The highest BCUT2D eigenvalue weighted by Crippen LogP contribution is 2.24. The minimum Gasteiger partial charge on any atom is -0.394 e. The zero-order valence-electron chi connectivity index (χ0n) is 11.6. The first-order chi connectivity index (χ1) is 8.82. The van der Waals surface area contributed by atoms with Crippen LogP contribution in [-0.4, -0.2) is 41.6 Å². The quantitative estimate of drug-likeness (QED) is 0.788. The summed E-state index contributed by atoms with van der Waals surface area (Å²) in [6.45, 7) is 5.48. The molecule has 0 aromatic carbocycles. The molecule has 0 saturated carbocycles. The van der Waals surface area contributed by atoms with Crippen molar-refractivity contribution in [2.24, 2.45) is 11.1 Å². The van der Waals surface area contributed by atoms with Crippen molar-refractivity contribution in [3.8, 4) is 0 Å². The largest absolute Gasteiger partial charge is 0.394 e. The molecule has 1 heterocycles. The number of rotatable bonds is 6. The van der Waals surface area contributed by atoms with E-state index >= 15 is 0 Å². The molecule has 3 N–H and O–H groups in total. The third-order valence-electron chi connectivity index (χ3n) is 2.91. The molecule has 108 valence electrons. The van der Waals surface area contributed by atoms with Crippen LogP contribution in [0.15, 0.2) is 15.5 Å². The first kappa shape index (κ1) is 16.1. The predicted molar refractivity (Wildman–Crippen MR) is 79.4 cm³/mol. The van der Waals surface area contributed by atoms with Crippen molar-refractivity contribution < 1.29 is 5.11 Å². The molecule has 0 amide bonds. The molecule has 1 aromatic heterocycles. The Hall–Kier alpha value is -0.920. The van der Waals surface area contributed by atoms with E-state index in [1.54, 1.807) is 6.20 Å². The van der Waals surface area contributed by atoms with E-state index in [9.17, 15) is 4.79 Å². The summed E-state index contributed by atoms with van der Waals surface area (Å²) in [7, 11) is 1.90. The molecular weight excluding hydrogens is 312 g/mol. The Morgan fingerprint density at radius 2 is 2.21 bits per heavy atom. The van der Waals surface area contributed by atoms with Gasteiger partial charge in [-0.05, 0) is 27.9 Å². The maximum absolute atomic E-state index is 12.0. The van der Waals surface area contributed by atoms with E-state index in [0.29, 0.717) is 17.6 Å². The van der Waals surface area contributed by atoms with Crippen LogP contribution in [0, 0.1) is 5.41 Å². The summed E-state index contributed by atoms with van der Waals surface area (Å²) in [6, 6.07) is 0. The van der Waals surface area contributed by atoms with E-state index in [-0.39, 0.29) is 24.1 Å². The summed E-state index contributed by atoms with van der Waals surface area (Å²) in [6.07, 6.45) is 1.62. The zero-order valence-corrected chi connectivity index (χ0v) is 13.1.